The van der Waals surface area contributed by atoms with Crippen LogP contribution in [-0.4, -0.2) is 34.2 Å². The third-order valence-electron chi connectivity index (χ3n) is 4.86. The lowest BCUT2D eigenvalue weighted by atomic mass is 10.0. The average Bonchev–Trinajstić information content (AvgIpc) is 3.41. The van der Waals surface area contributed by atoms with Crippen LogP contribution in [0.25, 0.3) is 10.6 Å². The van der Waals surface area contributed by atoms with Crippen molar-refractivity contribution in [2.45, 2.75) is 18.9 Å². The lowest BCUT2D eigenvalue weighted by molar-refractivity contribution is 0.0724. The highest BCUT2D eigenvalue weighted by molar-refractivity contribution is 7.13. The van der Waals surface area contributed by atoms with Crippen molar-refractivity contribution < 1.29 is 9.53 Å². The zero-order chi connectivity index (χ0) is 18.1. The molecule has 1 amide bonds. The smallest absolute Gasteiger partial charge is 0.272 e. The number of likely N-dealkylation sites (tertiary alicyclic amines) is 1. The Morgan fingerprint density at radius 2 is 2.15 bits per heavy atom. The number of benzene rings is 1. The molecule has 6 heteroatoms. The summed E-state index contributed by atoms with van der Waals surface area (Å²) in [6.45, 7) is 0.764. The van der Waals surface area contributed by atoms with Crippen molar-refractivity contribution in [2.75, 3.05) is 13.7 Å². The zero-order valence-electron chi connectivity index (χ0n) is 14.9. The van der Waals surface area contributed by atoms with E-state index in [2.05, 4.69) is 11.2 Å². The molecule has 0 unspecified atom stereocenters. The van der Waals surface area contributed by atoms with Crippen LogP contribution in [0.4, 0.5) is 0 Å². The summed E-state index contributed by atoms with van der Waals surface area (Å²) < 4.78 is 7.03. The van der Waals surface area contributed by atoms with Gasteiger partial charge in [-0.05, 0) is 48.1 Å². The van der Waals surface area contributed by atoms with E-state index in [0.717, 1.165) is 41.3 Å². The van der Waals surface area contributed by atoms with Gasteiger partial charge in [0, 0.05) is 13.6 Å². The van der Waals surface area contributed by atoms with E-state index in [9.17, 15) is 4.79 Å². The highest BCUT2D eigenvalue weighted by atomic mass is 32.1. The third kappa shape index (κ3) is 3.01. The molecule has 1 aromatic carbocycles. The minimum atomic E-state index is 0.0353. The highest BCUT2D eigenvalue weighted by Crippen LogP contribution is 2.35. The van der Waals surface area contributed by atoms with E-state index in [4.69, 9.17) is 4.74 Å². The number of rotatable bonds is 4. The molecule has 0 bridgehead atoms. The topological polar surface area (TPSA) is 47.4 Å². The summed E-state index contributed by atoms with van der Waals surface area (Å²) in [5.41, 5.74) is 2.60. The number of thiophene rings is 1. The molecule has 0 spiro atoms. The summed E-state index contributed by atoms with van der Waals surface area (Å²) in [5.74, 6) is 0.857. The summed E-state index contributed by atoms with van der Waals surface area (Å²) in [6, 6.07) is 14.0. The van der Waals surface area contributed by atoms with Crippen LogP contribution in [-0.2, 0) is 7.05 Å². The Bertz CT molecular complexity index is 917. The fourth-order valence-electron chi connectivity index (χ4n) is 3.56. The van der Waals surface area contributed by atoms with Gasteiger partial charge in [0.2, 0.25) is 0 Å². The first kappa shape index (κ1) is 16.8. The van der Waals surface area contributed by atoms with Gasteiger partial charge in [0.1, 0.15) is 17.1 Å². The lowest BCUT2D eigenvalue weighted by Gasteiger charge is -2.25. The molecule has 4 rings (SSSR count). The van der Waals surface area contributed by atoms with Gasteiger partial charge in [-0.25, -0.2) is 0 Å². The molecule has 2 aromatic heterocycles. The predicted octanol–water partition coefficient (Wildman–Crippen LogP) is 4.13. The number of ether oxygens (including phenoxy) is 1. The van der Waals surface area contributed by atoms with Crippen molar-refractivity contribution in [1.29, 1.82) is 0 Å². The molecule has 1 fully saturated rings. The van der Waals surface area contributed by atoms with Gasteiger partial charge in [0.15, 0.2) is 0 Å². The van der Waals surface area contributed by atoms with Gasteiger partial charge in [-0.1, -0.05) is 18.2 Å². The largest absolute Gasteiger partial charge is 0.497 e. The van der Waals surface area contributed by atoms with Crippen LogP contribution in [0.5, 0.6) is 5.75 Å². The van der Waals surface area contributed by atoms with Crippen molar-refractivity contribution >= 4 is 17.2 Å². The Morgan fingerprint density at radius 1 is 1.27 bits per heavy atom. The van der Waals surface area contributed by atoms with Crippen molar-refractivity contribution in [2.24, 2.45) is 7.05 Å². The van der Waals surface area contributed by atoms with Crippen molar-refractivity contribution in [3.63, 3.8) is 0 Å². The van der Waals surface area contributed by atoms with Crippen molar-refractivity contribution in [1.82, 2.24) is 14.7 Å². The van der Waals surface area contributed by atoms with Crippen LogP contribution in [0.3, 0.4) is 0 Å². The first-order valence-corrected chi connectivity index (χ1v) is 9.58. The SMILES string of the molecule is COc1cccc([C@@H]2CCCN2C(=O)c2cc(-c3cccs3)nn2C)c1. The number of aromatic nitrogens is 2. The second-order valence-electron chi connectivity index (χ2n) is 6.45. The second kappa shape index (κ2) is 6.96. The van der Waals surface area contributed by atoms with E-state index < -0.39 is 0 Å². The fourth-order valence-corrected chi connectivity index (χ4v) is 4.25. The fraction of sp³-hybridized carbons (Fsp3) is 0.300. The summed E-state index contributed by atoms with van der Waals surface area (Å²) in [6.07, 6.45) is 1.97. The Balaban J connectivity index is 1.63. The molecule has 3 heterocycles. The van der Waals surface area contributed by atoms with Crippen LogP contribution in [0.2, 0.25) is 0 Å². The highest BCUT2D eigenvalue weighted by Gasteiger charge is 2.32. The number of hydrogen-bond donors (Lipinski definition) is 0. The van der Waals surface area contributed by atoms with Gasteiger partial charge in [0.05, 0.1) is 18.0 Å². The predicted molar refractivity (Wildman–Crippen MR) is 103 cm³/mol. The van der Waals surface area contributed by atoms with E-state index in [-0.39, 0.29) is 11.9 Å². The second-order valence-corrected chi connectivity index (χ2v) is 7.40. The standard InChI is InChI=1S/C20H21N3O2S/c1-22-18(13-16(21-22)19-9-5-11-26-19)20(24)23-10-4-8-17(23)14-6-3-7-15(12-14)25-2/h3,5-7,9,11-13,17H,4,8,10H2,1-2H3/t17-/m0/s1. The van der Waals surface area contributed by atoms with Crippen LogP contribution in [0.1, 0.15) is 34.9 Å². The maximum absolute atomic E-state index is 13.2. The summed E-state index contributed by atoms with van der Waals surface area (Å²) in [4.78, 5) is 16.3. The average molecular weight is 367 g/mol. The quantitative estimate of drug-likeness (QED) is 0.696. The number of carbonyl (C=O) groups is 1. The number of carbonyl (C=O) groups excluding carboxylic acids is 1. The summed E-state index contributed by atoms with van der Waals surface area (Å²) >= 11 is 1.63. The minimum Gasteiger partial charge on any atom is -0.497 e. The van der Waals surface area contributed by atoms with E-state index in [0.29, 0.717) is 5.69 Å². The van der Waals surface area contributed by atoms with E-state index in [1.54, 1.807) is 23.1 Å². The Kier molecular flexibility index (Phi) is 4.51. The van der Waals surface area contributed by atoms with Gasteiger partial charge in [-0.2, -0.15) is 5.10 Å². The van der Waals surface area contributed by atoms with E-state index in [1.807, 2.05) is 53.7 Å². The molecular formula is C20H21N3O2S. The van der Waals surface area contributed by atoms with Crippen LogP contribution < -0.4 is 4.74 Å². The normalized spacial score (nSPS) is 16.8. The monoisotopic (exact) mass is 367 g/mol. The molecular weight excluding hydrogens is 346 g/mol. The molecule has 3 aromatic rings. The van der Waals surface area contributed by atoms with Gasteiger partial charge in [-0.3, -0.25) is 9.48 Å². The van der Waals surface area contributed by atoms with Crippen LogP contribution in [0, 0.1) is 0 Å². The molecule has 1 aliphatic rings. The Labute approximate surface area is 156 Å². The number of methoxy groups -OCH3 is 1. The molecule has 0 N–H and O–H groups in total. The van der Waals surface area contributed by atoms with Crippen LogP contribution >= 0.6 is 11.3 Å². The first-order chi connectivity index (χ1) is 12.7. The van der Waals surface area contributed by atoms with Gasteiger partial charge in [0.25, 0.3) is 5.91 Å². The van der Waals surface area contributed by atoms with E-state index >= 15 is 0 Å². The van der Waals surface area contributed by atoms with Gasteiger partial charge in [-0.15, -0.1) is 11.3 Å². The molecule has 0 saturated carbocycles. The van der Waals surface area contributed by atoms with E-state index in [1.165, 1.54) is 0 Å². The zero-order valence-corrected chi connectivity index (χ0v) is 15.7. The molecule has 1 aliphatic heterocycles. The Hall–Kier alpha value is -2.60. The molecule has 26 heavy (non-hydrogen) atoms. The number of amides is 1. The molecule has 1 atom stereocenters. The Morgan fingerprint density at radius 3 is 2.92 bits per heavy atom. The molecule has 0 radical (unpaired) electrons. The van der Waals surface area contributed by atoms with Gasteiger partial charge >= 0.3 is 0 Å². The minimum absolute atomic E-state index is 0.0353. The number of aryl methyl sites for hydroxylation is 1. The van der Waals surface area contributed by atoms with Crippen LogP contribution in [0.15, 0.2) is 47.8 Å². The van der Waals surface area contributed by atoms with Crippen molar-refractivity contribution in [3.8, 4) is 16.3 Å². The maximum atomic E-state index is 13.2. The number of hydrogen-bond acceptors (Lipinski definition) is 4. The molecule has 5 nitrogen and oxygen atoms in total. The number of nitrogens with zero attached hydrogens (tertiary/aromatic N) is 3. The third-order valence-corrected chi connectivity index (χ3v) is 5.76. The van der Waals surface area contributed by atoms with Gasteiger partial charge < -0.3 is 9.64 Å². The van der Waals surface area contributed by atoms with Crippen molar-refractivity contribution in [3.05, 3.63) is 59.1 Å². The molecule has 0 aliphatic carbocycles. The lowest BCUT2D eigenvalue weighted by Crippen LogP contribution is -2.32. The first-order valence-electron chi connectivity index (χ1n) is 8.70. The summed E-state index contributed by atoms with van der Waals surface area (Å²) in [5, 5.41) is 6.55. The maximum Gasteiger partial charge on any atom is 0.272 e. The summed E-state index contributed by atoms with van der Waals surface area (Å²) in [7, 11) is 3.50. The molecule has 134 valence electrons. The molecule has 1 saturated heterocycles.